The smallest absolute Gasteiger partial charge is 0.269 e. The van der Waals surface area contributed by atoms with Crippen LogP contribution in [0.15, 0.2) is 53.4 Å². The molecule has 0 fully saturated rings. The van der Waals surface area contributed by atoms with E-state index in [-0.39, 0.29) is 23.0 Å². The highest BCUT2D eigenvalue weighted by molar-refractivity contribution is 7.89. The number of carbonyl (C=O) groups is 1. The highest BCUT2D eigenvalue weighted by atomic mass is 32.2. The number of nitro benzene ring substituents is 1. The number of non-ortho nitro benzene ring substituents is 1. The van der Waals surface area contributed by atoms with E-state index in [1.165, 1.54) is 7.05 Å². The van der Waals surface area contributed by atoms with Gasteiger partial charge in [0.05, 0.1) is 21.9 Å². The number of amides is 1. The molecule has 2 aromatic rings. The second kappa shape index (κ2) is 8.24. The summed E-state index contributed by atoms with van der Waals surface area (Å²) in [6, 6.07) is 11.2. The molecule has 2 rings (SSSR count). The van der Waals surface area contributed by atoms with Gasteiger partial charge in [-0.3, -0.25) is 14.9 Å². The van der Waals surface area contributed by atoms with Crippen molar-refractivity contribution in [1.29, 1.82) is 0 Å². The van der Waals surface area contributed by atoms with E-state index >= 15 is 0 Å². The van der Waals surface area contributed by atoms with Crippen LogP contribution in [0.2, 0.25) is 0 Å². The van der Waals surface area contributed by atoms with Crippen molar-refractivity contribution < 1.29 is 18.1 Å². The summed E-state index contributed by atoms with van der Waals surface area (Å²) in [6.45, 7) is -0.179. The fourth-order valence-corrected chi connectivity index (χ4v) is 2.95. The maximum atomic E-state index is 12.1. The highest BCUT2D eigenvalue weighted by Crippen LogP contribution is 2.15. The molecule has 26 heavy (non-hydrogen) atoms. The van der Waals surface area contributed by atoms with Crippen LogP contribution >= 0.6 is 0 Å². The molecule has 1 amide bonds. The van der Waals surface area contributed by atoms with Gasteiger partial charge in [0.15, 0.2) is 0 Å². The number of nitrogens with zero attached hydrogens (tertiary/aromatic N) is 1. The topological polar surface area (TPSA) is 118 Å². The van der Waals surface area contributed by atoms with E-state index in [4.69, 9.17) is 0 Å². The second-order valence-corrected chi connectivity index (χ2v) is 6.77. The average Bonchev–Trinajstić information content (AvgIpc) is 2.65. The lowest BCUT2D eigenvalue weighted by atomic mass is 10.1. The van der Waals surface area contributed by atoms with Crippen molar-refractivity contribution in [3.05, 3.63) is 69.8 Å². The number of rotatable bonds is 5. The Morgan fingerprint density at radius 2 is 1.81 bits per heavy atom. The number of hydrogen-bond donors (Lipinski definition) is 2. The lowest BCUT2D eigenvalue weighted by Crippen LogP contribution is -2.24. The number of hydrogen-bond acceptors (Lipinski definition) is 5. The molecule has 0 aromatic heterocycles. The van der Waals surface area contributed by atoms with Crippen LogP contribution in [-0.2, 0) is 10.0 Å². The van der Waals surface area contributed by atoms with Crippen molar-refractivity contribution in [2.75, 3.05) is 13.6 Å². The first-order chi connectivity index (χ1) is 12.3. The predicted octanol–water partition coefficient (Wildman–Crippen LogP) is 1.28. The van der Waals surface area contributed by atoms with Crippen LogP contribution in [0.5, 0.6) is 0 Å². The number of nitro groups is 1. The Labute approximate surface area is 150 Å². The number of carbonyl (C=O) groups excluding carboxylic acids is 1. The van der Waals surface area contributed by atoms with Crippen LogP contribution in [0.1, 0.15) is 15.9 Å². The number of benzene rings is 2. The molecule has 2 N–H and O–H groups in total. The maximum absolute atomic E-state index is 12.1. The summed E-state index contributed by atoms with van der Waals surface area (Å²) in [4.78, 5) is 21.6. The maximum Gasteiger partial charge on any atom is 0.269 e. The summed E-state index contributed by atoms with van der Waals surface area (Å²) in [5.41, 5.74) is 0.664. The first-order valence-corrected chi connectivity index (χ1v) is 8.87. The van der Waals surface area contributed by atoms with Gasteiger partial charge in [0.25, 0.3) is 11.6 Å². The first-order valence-electron chi connectivity index (χ1n) is 7.39. The SMILES string of the molecule is CNC(=O)c1ccccc1C#CCNS(=O)(=O)c1ccc([N+](=O)[O-])cc1. The summed E-state index contributed by atoms with van der Waals surface area (Å²) in [5, 5.41) is 13.1. The van der Waals surface area contributed by atoms with E-state index < -0.39 is 14.9 Å². The van der Waals surface area contributed by atoms with Crippen LogP contribution < -0.4 is 10.0 Å². The Morgan fingerprint density at radius 3 is 2.42 bits per heavy atom. The Balaban J connectivity index is 2.10. The van der Waals surface area contributed by atoms with Gasteiger partial charge in [-0.2, -0.15) is 4.72 Å². The Bertz CT molecular complexity index is 989. The van der Waals surface area contributed by atoms with E-state index in [0.717, 1.165) is 24.3 Å². The molecular weight excluding hydrogens is 358 g/mol. The molecule has 0 aliphatic heterocycles. The molecule has 0 spiro atoms. The van der Waals surface area contributed by atoms with E-state index in [0.29, 0.717) is 11.1 Å². The number of sulfonamides is 1. The Hall–Kier alpha value is -3.22. The molecule has 2 aromatic carbocycles. The minimum Gasteiger partial charge on any atom is -0.355 e. The van der Waals surface area contributed by atoms with Crippen LogP contribution in [-0.4, -0.2) is 32.8 Å². The van der Waals surface area contributed by atoms with Crippen molar-refractivity contribution in [1.82, 2.24) is 10.0 Å². The first kappa shape index (κ1) is 19.1. The van der Waals surface area contributed by atoms with Crippen molar-refractivity contribution in [3.63, 3.8) is 0 Å². The lowest BCUT2D eigenvalue weighted by molar-refractivity contribution is -0.384. The van der Waals surface area contributed by atoms with Gasteiger partial charge in [-0.15, -0.1) is 0 Å². The average molecular weight is 373 g/mol. The van der Waals surface area contributed by atoms with Crippen molar-refractivity contribution in [2.45, 2.75) is 4.90 Å². The molecule has 0 heterocycles. The third-order valence-electron chi connectivity index (χ3n) is 3.33. The summed E-state index contributed by atoms with van der Waals surface area (Å²) in [7, 11) is -2.34. The van der Waals surface area contributed by atoms with Gasteiger partial charge in [0.1, 0.15) is 0 Å². The van der Waals surface area contributed by atoms with Gasteiger partial charge in [0.2, 0.25) is 10.0 Å². The molecule has 0 aliphatic carbocycles. The highest BCUT2D eigenvalue weighted by Gasteiger charge is 2.14. The third kappa shape index (κ3) is 4.66. The minimum atomic E-state index is -3.84. The van der Waals surface area contributed by atoms with Gasteiger partial charge < -0.3 is 5.32 Å². The molecule has 8 nitrogen and oxygen atoms in total. The van der Waals surface area contributed by atoms with Crippen molar-refractivity contribution in [2.24, 2.45) is 0 Å². The zero-order chi connectivity index (χ0) is 19.2. The molecule has 9 heteroatoms. The molecule has 0 unspecified atom stereocenters. The fraction of sp³-hybridized carbons (Fsp3) is 0.118. The molecule has 0 saturated heterocycles. The molecular formula is C17H15N3O5S. The van der Waals surface area contributed by atoms with Gasteiger partial charge in [-0.05, 0) is 24.3 Å². The third-order valence-corrected chi connectivity index (χ3v) is 4.75. The summed E-state index contributed by atoms with van der Waals surface area (Å²) in [5.74, 6) is 5.11. The lowest BCUT2D eigenvalue weighted by Gasteiger charge is -2.04. The van der Waals surface area contributed by atoms with Crippen LogP contribution in [0.25, 0.3) is 0 Å². The molecule has 0 aliphatic rings. The normalized spacial score (nSPS) is 10.5. The van der Waals surface area contributed by atoms with Crippen LogP contribution in [0.3, 0.4) is 0 Å². The predicted molar refractivity (Wildman–Crippen MR) is 95.0 cm³/mol. The van der Waals surface area contributed by atoms with E-state index in [1.54, 1.807) is 24.3 Å². The zero-order valence-electron chi connectivity index (χ0n) is 13.7. The van der Waals surface area contributed by atoms with Gasteiger partial charge in [-0.1, -0.05) is 24.0 Å². The minimum absolute atomic E-state index is 0.101. The van der Waals surface area contributed by atoms with Gasteiger partial charge in [-0.25, -0.2) is 8.42 Å². The standard InChI is InChI=1S/C17H15N3O5S/c1-18-17(21)16-7-3-2-5-13(16)6-4-12-19-26(24,25)15-10-8-14(9-11-15)20(22)23/h2-3,5,7-11,19H,12H2,1H3,(H,18,21). The summed E-state index contributed by atoms with van der Waals surface area (Å²) >= 11 is 0. The largest absolute Gasteiger partial charge is 0.355 e. The zero-order valence-corrected chi connectivity index (χ0v) is 14.5. The van der Waals surface area contributed by atoms with Crippen molar-refractivity contribution in [3.8, 4) is 11.8 Å². The molecule has 0 radical (unpaired) electrons. The van der Waals surface area contributed by atoms with Crippen LogP contribution in [0, 0.1) is 22.0 Å². The van der Waals surface area contributed by atoms with E-state index in [1.807, 2.05) is 0 Å². The van der Waals surface area contributed by atoms with Gasteiger partial charge >= 0.3 is 0 Å². The quantitative estimate of drug-likeness (QED) is 0.465. The molecule has 134 valence electrons. The number of nitrogens with one attached hydrogen (secondary N) is 2. The van der Waals surface area contributed by atoms with Gasteiger partial charge in [0, 0.05) is 24.7 Å². The molecule has 0 bridgehead atoms. The van der Waals surface area contributed by atoms with Crippen LogP contribution in [0.4, 0.5) is 5.69 Å². The Kier molecular flexibility index (Phi) is 6.06. The summed E-state index contributed by atoms with van der Waals surface area (Å²) < 4.78 is 26.6. The molecule has 0 saturated carbocycles. The Morgan fingerprint density at radius 1 is 1.15 bits per heavy atom. The summed E-state index contributed by atoms with van der Waals surface area (Å²) in [6.07, 6.45) is 0. The molecule has 0 atom stereocenters. The van der Waals surface area contributed by atoms with E-state index in [9.17, 15) is 23.3 Å². The van der Waals surface area contributed by atoms with E-state index in [2.05, 4.69) is 21.9 Å². The van der Waals surface area contributed by atoms with Crippen molar-refractivity contribution >= 4 is 21.6 Å². The second-order valence-electron chi connectivity index (χ2n) is 5.00. The monoisotopic (exact) mass is 373 g/mol. The fourth-order valence-electron chi connectivity index (χ4n) is 2.03.